The molecule has 1 fully saturated rings. The number of nitrogens with two attached hydrogens (primary N) is 1. The fourth-order valence-corrected chi connectivity index (χ4v) is 12.1. The van der Waals surface area contributed by atoms with Gasteiger partial charge in [-0.3, -0.25) is 62.9 Å². The normalized spacial score (nSPS) is 15.2. The van der Waals surface area contributed by atoms with Crippen LogP contribution in [-0.4, -0.2) is 283 Å². The average molecular weight is 1660 g/mol. The third-order valence-corrected chi connectivity index (χ3v) is 18.0. The van der Waals surface area contributed by atoms with E-state index in [1.54, 1.807) is 62.1 Å². The van der Waals surface area contributed by atoms with Crippen molar-refractivity contribution in [2.75, 3.05) is 109 Å². The molecule has 0 saturated carbocycles. The number of hydrogen-bond acceptors (Lipinski definition) is 21. The van der Waals surface area contributed by atoms with E-state index in [4.69, 9.17) is 23.2 Å². The lowest BCUT2D eigenvalue weighted by Crippen LogP contribution is -2.53. The number of unbranched alkanes of at least 4 members (excludes halogenated alkanes) is 4. The van der Waals surface area contributed by atoms with E-state index in [0.717, 1.165) is 27.3 Å². The number of nitrogens with zero attached hydrogens (tertiary/aromatic N) is 6. The van der Waals surface area contributed by atoms with E-state index in [2.05, 4.69) is 75.2 Å². The van der Waals surface area contributed by atoms with E-state index >= 15 is 0 Å². The number of aryl methyl sites for hydroxylation is 1. The van der Waals surface area contributed by atoms with Gasteiger partial charge in [0.2, 0.25) is 17.7 Å². The molecule has 7 amide bonds. The molecule has 39 heteroatoms. The van der Waals surface area contributed by atoms with Crippen LogP contribution < -0.4 is 53.7 Å². The molecule has 0 spiro atoms. The number of aliphatic carboxylic acids is 8. The van der Waals surface area contributed by atoms with Crippen LogP contribution in [0, 0.1) is 3.57 Å². The fourth-order valence-electron chi connectivity index (χ4n) is 11.5. The molecular weight excluding hydrogens is 1560 g/mol. The van der Waals surface area contributed by atoms with Gasteiger partial charge >= 0.3 is 59.8 Å². The number of nitrogens with one attached hydrogen (secondary N) is 9. The zero-order chi connectivity index (χ0) is 80.2. The third-order valence-electron chi connectivity index (χ3n) is 17.1. The average Bonchev–Trinajstić information content (AvgIpc) is 0.860. The topological polar surface area (TPSA) is 556 Å². The number of benzene rings is 3. The lowest BCUT2D eigenvalue weighted by molar-refractivity contribution is -0.142. The molecule has 1 saturated heterocycles. The SMILES string of the molecule is NN=CC(=NCC(=O)N[C@@H](CCCCNC(=S)Nc1ccc(CC2CN(CC(=O)O)CCN(CC(=O)O)CCN(CC(=O)O)CCN2CC(=O)O)cc1)C(=O)N[C@@H](CCCCCNC(=O)CCCc1ccc(I)cc1)C(=O)O)c1cccc(NC(=O)NCCCC[C@H](NC(=O)N[C@@H](CCC(=O)O)C(=O)O)C(=O)O)c1. The van der Waals surface area contributed by atoms with Crippen molar-refractivity contribution in [1.82, 2.24) is 56.8 Å². The molecule has 0 aliphatic carbocycles. The summed E-state index contributed by atoms with van der Waals surface area (Å²) in [6.45, 7) is -0.607. The number of thiocarbonyl (C=S) groups is 1. The van der Waals surface area contributed by atoms with Gasteiger partial charge in [-0.1, -0.05) is 49.2 Å². The standard InChI is InChI=1S/C70H99IN16O21S/c71-48-21-17-45(18-22-48)10-8-16-57(88)73-27-5-1-2-14-53(65(101)102)81-64(100)52(80-58(89)39-76-56(38-77-72)47-11-9-12-50(37-47)78-68(107)74-28-6-4-15-54(66(103)104)82-69(108)83-55(67(105)106)25-26-59(90)91)13-3-7-29-75-70(109)79-49-23-19-46(20-24-49)36-51-40-86(43-62(96)97)33-32-84(41-60(92)93)30-31-85(42-61(94)95)34-35-87(51)44-63(98)99/h9,11-12,17-24,37-38,51-55H,1-8,10,13-16,25-36,39-44,72H2,(H,73,88)(H,80,89)(H,81,100)(H,90,91)(H,92,93)(H,94,95)(H,96,97)(H,98,99)(H,101,102)(H,103,104)(H,105,106)(H2,74,78,107)(H2,75,79,109)(H2,82,83,108)/t51?,52-,53-,54-,55-/m0/s1. The molecule has 3 aromatic rings. The Morgan fingerprint density at radius 1 is 0.505 bits per heavy atom. The van der Waals surface area contributed by atoms with Gasteiger partial charge in [0.1, 0.15) is 30.7 Å². The maximum atomic E-state index is 14.1. The fraction of sp³-hybridized carbons (Fsp3) is 0.514. The summed E-state index contributed by atoms with van der Waals surface area (Å²) in [4.78, 5) is 171. The summed E-state index contributed by atoms with van der Waals surface area (Å²) in [5, 5.41) is 105. The van der Waals surface area contributed by atoms with Crippen molar-refractivity contribution in [3.63, 3.8) is 0 Å². The summed E-state index contributed by atoms with van der Waals surface area (Å²) in [5.41, 5.74) is 3.09. The zero-order valence-electron chi connectivity index (χ0n) is 60.2. The van der Waals surface area contributed by atoms with Crippen molar-refractivity contribution in [2.45, 2.75) is 133 Å². The number of amides is 7. The maximum Gasteiger partial charge on any atom is 0.326 e. The maximum absolute atomic E-state index is 14.1. The summed E-state index contributed by atoms with van der Waals surface area (Å²) < 4.78 is 1.12. The first-order valence-corrected chi connectivity index (χ1v) is 36.9. The number of carboxylic acid groups (broad SMARTS) is 8. The highest BCUT2D eigenvalue weighted by Crippen LogP contribution is 2.19. The first-order valence-electron chi connectivity index (χ1n) is 35.4. The summed E-state index contributed by atoms with van der Waals surface area (Å²) in [7, 11) is 0. The highest BCUT2D eigenvalue weighted by Gasteiger charge is 2.30. The molecule has 598 valence electrons. The van der Waals surface area contributed by atoms with Gasteiger partial charge in [-0.2, -0.15) is 5.10 Å². The van der Waals surface area contributed by atoms with E-state index in [1.807, 2.05) is 29.6 Å². The highest BCUT2D eigenvalue weighted by molar-refractivity contribution is 14.1. The lowest BCUT2D eigenvalue weighted by Gasteiger charge is -2.37. The number of carboxylic acids is 8. The predicted octanol–water partition coefficient (Wildman–Crippen LogP) is 1.77. The predicted molar refractivity (Wildman–Crippen MR) is 411 cm³/mol. The van der Waals surface area contributed by atoms with E-state index in [9.17, 15) is 98.1 Å². The van der Waals surface area contributed by atoms with Crippen LogP contribution in [0.2, 0.25) is 0 Å². The molecule has 1 unspecified atom stereocenters. The van der Waals surface area contributed by atoms with Gasteiger partial charge in [-0.15, -0.1) is 0 Å². The van der Waals surface area contributed by atoms with Gasteiger partial charge in [0.25, 0.3) is 0 Å². The van der Waals surface area contributed by atoms with E-state index in [1.165, 1.54) is 6.07 Å². The second-order valence-electron chi connectivity index (χ2n) is 25.7. The Labute approximate surface area is 648 Å². The minimum absolute atomic E-state index is 0.0190. The van der Waals surface area contributed by atoms with E-state index < -0.39 is 134 Å². The van der Waals surface area contributed by atoms with Crippen LogP contribution in [0.4, 0.5) is 21.0 Å². The number of hydrogen-bond donors (Lipinski definition) is 18. The van der Waals surface area contributed by atoms with Gasteiger partial charge in [0, 0.05) is 105 Å². The number of aliphatic imine (C=N–C) groups is 1. The number of urea groups is 2. The van der Waals surface area contributed by atoms with Crippen molar-refractivity contribution in [3.05, 3.63) is 93.1 Å². The van der Waals surface area contributed by atoms with Crippen molar-refractivity contribution in [3.8, 4) is 0 Å². The largest absolute Gasteiger partial charge is 0.481 e. The van der Waals surface area contributed by atoms with Crippen LogP contribution in [-0.2, 0) is 65.6 Å². The van der Waals surface area contributed by atoms with Gasteiger partial charge < -0.3 is 94.5 Å². The number of rotatable bonds is 47. The number of halogens is 1. The highest BCUT2D eigenvalue weighted by atomic mass is 127. The second-order valence-corrected chi connectivity index (χ2v) is 27.4. The Kier molecular flexibility index (Phi) is 42.2. The van der Waals surface area contributed by atoms with Gasteiger partial charge in [0.05, 0.1) is 38.1 Å². The molecule has 3 aromatic carbocycles. The van der Waals surface area contributed by atoms with E-state index in [-0.39, 0.29) is 133 Å². The monoisotopic (exact) mass is 1660 g/mol. The van der Waals surface area contributed by atoms with Crippen LogP contribution >= 0.6 is 34.8 Å². The smallest absolute Gasteiger partial charge is 0.326 e. The lowest BCUT2D eigenvalue weighted by atomic mass is 10.0. The third kappa shape index (κ3) is 39.4. The van der Waals surface area contributed by atoms with Crippen molar-refractivity contribution >= 4 is 141 Å². The van der Waals surface area contributed by atoms with Crippen molar-refractivity contribution in [1.29, 1.82) is 0 Å². The summed E-state index contributed by atoms with van der Waals surface area (Å²) >= 11 is 7.83. The number of carbonyl (C=O) groups is 13. The van der Waals surface area contributed by atoms with Crippen LogP contribution in [0.25, 0.3) is 0 Å². The Morgan fingerprint density at radius 2 is 1.03 bits per heavy atom. The van der Waals surface area contributed by atoms with Crippen molar-refractivity contribution in [2.24, 2.45) is 15.9 Å². The molecule has 37 nitrogen and oxygen atoms in total. The Hall–Kier alpha value is -10.2. The molecule has 5 atom stereocenters. The Morgan fingerprint density at radius 3 is 1.61 bits per heavy atom. The molecule has 1 aliphatic heterocycles. The molecule has 109 heavy (non-hydrogen) atoms. The van der Waals surface area contributed by atoms with Crippen molar-refractivity contribution < 1.29 is 103 Å². The summed E-state index contributed by atoms with van der Waals surface area (Å²) in [6, 6.07) is 13.2. The van der Waals surface area contributed by atoms with E-state index in [0.29, 0.717) is 62.7 Å². The molecule has 4 rings (SSSR count). The Balaban J connectivity index is 1.40. The zero-order valence-corrected chi connectivity index (χ0v) is 63.2. The van der Waals surface area contributed by atoms with Gasteiger partial charge in [0.15, 0.2) is 5.11 Å². The minimum atomic E-state index is -1.58. The molecule has 0 radical (unpaired) electrons. The molecule has 1 aliphatic rings. The molecule has 1 heterocycles. The van der Waals surface area contributed by atoms with Gasteiger partial charge in [-0.05, 0) is 159 Å². The molecular formula is C70H99IN16O21S. The molecule has 19 N–H and O–H groups in total. The van der Waals surface area contributed by atoms with Crippen LogP contribution in [0.3, 0.4) is 0 Å². The minimum Gasteiger partial charge on any atom is -0.481 e. The number of carbonyl (C=O) groups excluding carboxylic acids is 5. The number of hydrazone groups is 1. The van der Waals surface area contributed by atoms with Crippen LogP contribution in [0.5, 0.6) is 0 Å². The second kappa shape index (κ2) is 50.4. The molecule has 0 aromatic heterocycles. The number of anilines is 2. The Bertz CT molecular complexity index is 3600. The first kappa shape index (κ1) is 91.2. The molecule has 0 bridgehead atoms. The first-order chi connectivity index (χ1) is 51.9. The quantitative estimate of drug-likeness (QED) is 0.00956. The van der Waals surface area contributed by atoms with Crippen LogP contribution in [0.1, 0.15) is 107 Å². The van der Waals surface area contributed by atoms with Gasteiger partial charge in [-0.25, -0.2) is 24.0 Å². The summed E-state index contributed by atoms with van der Waals surface area (Å²) in [6.07, 6.45) is 4.67. The van der Waals surface area contributed by atoms with Crippen LogP contribution in [0.15, 0.2) is 82.9 Å². The summed E-state index contributed by atoms with van der Waals surface area (Å²) in [5.74, 6) is -6.15.